The maximum absolute atomic E-state index is 12.1. The van der Waals surface area contributed by atoms with E-state index in [0.29, 0.717) is 6.54 Å². The number of nitrogens with zero attached hydrogens (tertiary/aromatic N) is 3. The third-order valence-corrected chi connectivity index (χ3v) is 4.49. The highest BCUT2D eigenvalue weighted by molar-refractivity contribution is 5.81. The molecule has 2 N–H and O–H groups in total. The van der Waals surface area contributed by atoms with Gasteiger partial charge in [-0.3, -0.25) is 14.4 Å². The van der Waals surface area contributed by atoms with Crippen LogP contribution in [0.25, 0.3) is 0 Å². The van der Waals surface area contributed by atoms with Gasteiger partial charge in [0.15, 0.2) is 0 Å². The predicted octanol–water partition coefficient (Wildman–Crippen LogP) is 0.601. The highest BCUT2D eigenvalue weighted by atomic mass is 16.2. The summed E-state index contributed by atoms with van der Waals surface area (Å²) in [5.41, 5.74) is 3.53. The molecule has 2 unspecified atom stereocenters. The summed E-state index contributed by atoms with van der Waals surface area (Å²) in [6.07, 6.45) is 0. The number of carbonyl (C=O) groups is 1. The van der Waals surface area contributed by atoms with Gasteiger partial charge in [0.05, 0.1) is 5.69 Å². The fourth-order valence-corrected chi connectivity index (χ4v) is 3.38. The van der Waals surface area contributed by atoms with Crippen LogP contribution < -0.4 is 10.6 Å². The summed E-state index contributed by atoms with van der Waals surface area (Å²) in [4.78, 5) is 14.4. The SMILES string of the molecule is CCn1nc(C)c(C(C)N2CCNCC2C(=O)NC)c1C. The van der Waals surface area contributed by atoms with Crippen LogP contribution in [0.3, 0.4) is 0 Å². The zero-order chi connectivity index (χ0) is 15.6. The van der Waals surface area contributed by atoms with Crippen molar-refractivity contribution in [2.45, 2.75) is 46.3 Å². The van der Waals surface area contributed by atoms with Crippen molar-refractivity contribution in [2.24, 2.45) is 0 Å². The van der Waals surface area contributed by atoms with Gasteiger partial charge in [-0.1, -0.05) is 0 Å². The van der Waals surface area contributed by atoms with Crippen LogP contribution in [0.15, 0.2) is 0 Å². The lowest BCUT2D eigenvalue weighted by Crippen LogP contribution is -2.57. The molecular formula is C15H27N5O. The molecule has 0 spiro atoms. The van der Waals surface area contributed by atoms with Gasteiger partial charge in [0.1, 0.15) is 6.04 Å². The number of piperazine rings is 1. The van der Waals surface area contributed by atoms with Crippen molar-refractivity contribution >= 4 is 5.91 Å². The zero-order valence-corrected chi connectivity index (χ0v) is 13.7. The molecule has 1 fully saturated rings. The minimum Gasteiger partial charge on any atom is -0.358 e. The molecule has 1 aromatic rings. The number of amides is 1. The van der Waals surface area contributed by atoms with Crippen LogP contribution in [-0.2, 0) is 11.3 Å². The Morgan fingerprint density at radius 2 is 2.24 bits per heavy atom. The number of hydrogen-bond donors (Lipinski definition) is 2. The Kier molecular flexibility index (Phi) is 5.00. The van der Waals surface area contributed by atoms with E-state index in [2.05, 4.69) is 48.3 Å². The Balaban J connectivity index is 2.31. The monoisotopic (exact) mass is 293 g/mol. The molecule has 6 nitrogen and oxygen atoms in total. The molecule has 1 amide bonds. The fraction of sp³-hybridized carbons (Fsp3) is 0.733. The molecule has 2 atom stereocenters. The highest BCUT2D eigenvalue weighted by Gasteiger charge is 2.33. The Labute approximate surface area is 126 Å². The molecular weight excluding hydrogens is 266 g/mol. The Hall–Kier alpha value is -1.40. The highest BCUT2D eigenvalue weighted by Crippen LogP contribution is 2.28. The Bertz CT molecular complexity index is 510. The van der Waals surface area contributed by atoms with Crippen molar-refractivity contribution in [3.05, 3.63) is 17.0 Å². The summed E-state index contributed by atoms with van der Waals surface area (Å²) in [5.74, 6) is 0.0761. The van der Waals surface area contributed by atoms with E-state index in [0.717, 1.165) is 25.3 Å². The third-order valence-electron chi connectivity index (χ3n) is 4.49. The zero-order valence-electron chi connectivity index (χ0n) is 13.7. The van der Waals surface area contributed by atoms with Crippen LogP contribution >= 0.6 is 0 Å². The van der Waals surface area contributed by atoms with E-state index in [1.807, 2.05) is 4.68 Å². The van der Waals surface area contributed by atoms with Crippen LogP contribution in [0.1, 0.15) is 36.8 Å². The van der Waals surface area contributed by atoms with E-state index in [4.69, 9.17) is 0 Å². The number of carbonyl (C=O) groups excluding carboxylic acids is 1. The first-order valence-corrected chi connectivity index (χ1v) is 7.73. The number of likely N-dealkylation sites (N-methyl/N-ethyl adjacent to an activating group) is 1. The molecule has 0 aromatic carbocycles. The van der Waals surface area contributed by atoms with Crippen molar-refractivity contribution in [1.82, 2.24) is 25.3 Å². The van der Waals surface area contributed by atoms with Gasteiger partial charge in [0.25, 0.3) is 0 Å². The Morgan fingerprint density at radius 3 is 2.81 bits per heavy atom. The fourth-order valence-electron chi connectivity index (χ4n) is 3.38. The molecule has 2 heterocycles. The van der Waals surface area contributed by atoms with Gasteiger partial charge in [-0.25, -0.2) is 0 Å². The predicted molar refractivity (Wildman–Crippen MR) is 83.2 cm³/mol. The van der Waals surface area contributed by atoms with Gasteiger partial charge < -0.3 is 10.6 Å². The number of rotatable bonds is 4. The van der Waals surface area contributed by atoms with Gasteiger partial charge in [-0.05, 0) is 27.7 Å². The second-order valence-corrected chi connectivity index (χ2v) is 5.65. The maximum Gasteiger partial charge on any atom is 0.238 e. The average Bonchev–Trinajstić information content (AvgIpc) is 2.80. The molecule has 0 aliphatic carbocycles. The van der Waals surface area contributed by atoms with E-state index >= 15 is 0 Å². The number of nitrogens with one attached hydrogen (secondary N) is 2. The normalized spacial score (nSPS) is 21.3. The summed E-state index contributed by atoms with van der Waals surface area (Å²) < 4.78 is 2.04. The molecule has 118 valence electrons. The van der Waals surface area contributed by atoms with Crippen molar-refractivity contribution < 1.29 is 4.79 Å². The lowest BCUT2D eigenvalue weighted by atomic mass is 10.0. The van der Waals surface area contributed by atoms with Gasteiger partial charge >= 0.3 is 0 Å². The number of hydrogen-bond acceptors (Lipinski definition) is 4. The summed E-state index contributed by atoms with van der Waals surface area (Å²) in [7, 11) is 1.70. The molecule has 0 radical (unpaired) electrons. The minimum absolute atomic E-state index is 0.0761. The first-order valence-electron chi connectivity index (χ1n) is 7.73. The molecule has 0 bridgehead atoms. The first kappa shape index (κ1) is 16.0. The van der Waals surface area contributed by atoms with E-state index in [1.165, 1.54) is 11.3 Å². The standard InChI is InChI=1S/C15H27N5O/c1-6-20-12(4)14(10(2)18-20)11(3)19-8-7-17-9-13(19)15(21)16-5/h11,13,17H,6-9H2,1-5H3,(H,16,21). The van der Waals surface area contributed by atoms with E-state index in [1.54, 1.807) is 7.05 Å². The van der Waals surface area contributed by atoms with Crippen molar-refractivity contribution in [1.29, 1.82) is 0 Å². The molecule has 1 aliphatic rings. The third kappa shape index (κ3) is 2.96. The second-order valence-electron chi connectivity index (χ2n) is 5.65. The van der Waals surface area contributed by atoms with E-state index in [9.17, 15) is 4.79 Å². The van der Waals surface area contributed by atoms with Crippen molar-refractivity contribution in [3.63, 3.8) is 0 Å². The van der Waals surface area contributed by atoms with Crippen LogP contribution in [0, 0.1) is 13.8 Å². The quantitative estimate of drug-likeness (QED) is 0.853. The van der Waals surface area contributed by atoms with E-state index < -0.39 is 0 Å². The molecule has 2 rings (SSSR count). The summed E-state index contributed by atoms with van der Waals surface area (Å²) in [5, 5.41) is 10.7. The minimum atomic E-state index is -0.123. The topological polar surface area (TPSA) is 62.2 Å². The summed E-state index contributed by atoms with van der Waals surface area (Å²) >= 11 is 0. The lowest BCUT2D eigenvalue weighted by Gasteiger charge is -2.39. The van der Waals surface area contributed by atoms with Crippen LogP contribution in [0.2, 0.25) is 0 Å². The van der Waals surface area contributed by atoms with Gasteiger partial charge in [0.2, 0.25) is 5.91 Å². The molecule has 1 saturated heterocycles. The molecule has 0 saturated carbocycles. The molecule has 1 aromatic heterocycles. The molecule has 21 heavy (non-hydrogen) atoms. The first-order chi connectivity index (χ1) is 10.0. The second kappa shape index (κ2) is 6.58. The molecule has 1 aliphatic heterocycles. The van der Waals surface area contributed by atoms with Crippen molar-refractivity contribution in [2.75, 3.05) is 26.7 Å². The van der Waals surface area contributed by atoms with Gasteiger partial charge in [0, 0.05) is 50.5 Å². The molecule has 6 heteroatoms. The van der Waals surface area contributed by atoms with Crippen LogP contribution in [0.4, 0.5) is 0 Å². The largest absolute Gasteiger partial charge is 0.358 e. The Morgan fingerprint density at radius 1 is 1.52 bits per heavy atom. The smallest absolute Gasteiger partial charge is 0.238 e. The lowest BCUT2D eigenvalue weighted by molar-refractivity contribution is -0.127. The summed E-state index contributed by atoms with van der Waals surface area (Å²) in [6, 6.07) is 0.0669. The maximum atomic E-state index is 12.1. The van der Waals surface area contributed by atoms with Gasteiger partial charge in [-0.15, -0.1) is 0 Å². The van der Waals surface area contributed by atoms with Crippen LogP contribution in [-0.4, -0.2) is 53.3 Å². The number of aryl methyl sites for hydroxylation is 2. The van der Waals surface area contributed by atoms with Crippen molar-refractivity contribution in [3.8, 4) is 0 Å². The summed E-state index contributed by atoms with van der Waals surface area (Å²) in [6.45, 7) is 11.8. The number of aromatic nitrogens is 2. The average molecular weight is 293 g/mol. The van der Waals surface area contributed by atoms with Gasteiger partial charge in [-0.2, -0.15) is 5.10 Å². The van der Waals surface area contributed by atoms with Crippen LogP contribution in [0.5, 0.6) is 0 Å². The van der Waals surface area contributed by atoms with E-state index in [-0.39, 0.29) is 18.0 Å².